The quantitative estimate of drug-likeness (QED) is 0.893. The van der Waals surface area contributed by atoms with Crippen molar-refractivity contribution in [2.75, 3.05) is 5.75 Å². The van der Waals surface area contributed by atoms with E-state index in [9.17, 15) is 0 Å². The maximum atomic E-state index is 4.43. The van der Waals surface area contributed by atoms with E-state index in [0.29, 0.717) is 12.1 Å². The van der Waals surface area contributed by atoms with Crippen LogP contribution in [0.4, 0.5) is 0 Å². The summed E-state index contributed by atoms with van der Waals surface area (Å²) in [6.07, 6.45) is 5.70. The third-order valence-corrected chi connectivity index (χ3v) is 5.45. The normalized spacial score (nSPS) is 27.9. The summed E-state index contributed by atoms with van der Waals surface area (Å²) in [4.78, 5) is 4.43. The zero-order chi connectivity index (χ0) is 11.4. The Morgan fingerprint density at radius 1 is 1.62 bits per heavy atom. The summed E-state index contributed by atoms with van der Waals surface area (Å²) in [6.45, 7) is 4.58. The average Bonchev–Trinajstić information content (AvgIpc) is 2.81. The molecule has 2 heterocycles. The molecule has 2 rings (SSSR count). The molecule has 3 unspecified atom stereocenters. The fraction of sp³-hybridized carbons (Fsp3) is 0.750. The molecule has 0 bridgehead atoms. The van der Waals surface area contributed by atoms with Gasteiger partial charge in [0, 0.05) is 22.9 Å². The third-order valence-electron chi connectivity index (χ3n) is 3.18. The monoisotopic (exact) mass is 256 g/mol. The van der Waals surface area contributed by atoms with Crippen molar-refractivity contribution in [3.63, 3.8) is 0 Å². The molecule has 1 N–H and O–H groups in total. The smallest absolute Gasteiger partial charge is 0.109 e. The first-order valence-electron chi connectivity index (χ1n) is 6.08. The lowest BCUT2D eigenvalue weighted by atomic mass is 10.1. The van der Waals surface area contributed by atoms with Gasteiger partial charge in [0.2, 0.25) is 0 Å². The minimum Gasteiger partial charge on any atom is -0.304 e. The van der Waals surface area contributed by atoms with Crippen LogP contribution in [0.3, 0.4) is 0 Å². The minimum absolute atomic E-state index is 0.450. The molecule has 0 spiro atoms. The van der Waals surface area contributed by atoms with Crippen molar-refractivity contribution in [2.24, 2.45) is 0 Å². The van der Waals surface area contributed by atoms with Gasteiger partial charge >= 0.3 is 0 Å². The summed E-state index contributed by atoms with van der Waals surface area (Å²) < 4.78 is 0. The highest BCUT2D eigenvalue weighted by molar-refractivity contribution is 7.99. The second kappa shape index (κ2) is 6.03. The first-order valence-corrected chi connectivity index (χ1v) is 8.01. The lowest BCUT2D eigenvalue weighted by Gasteiger charge is -2.32. The van der Waals surface area contributed by atoms with Gasteiger partial charge in [-0.3, -0.25) is 0 Å². The van der Waals surface area contributed by atoms with Crippen LogP contribution in [0, 0.1) is 0 Å². The van der Waals surface area contributed by atoms with Gasteiger partial charge in [-0.25, -0.2) is 4.98 Å². The molecule has 4 heteroatoms. The Labute approximate surface area is 106 Å². The molecular weight excluding hydrogens is 236 g/mol. The summed E-state index contributed by atoms with van der Waals surface area (Å²) in [5.74, 6) is 1.33. The topological polar surface area (TPSA) is 24.9 Å². The maximum absolute atomic E-state index is 4.43. The second-order valence-electron chi connectivity index (χ2n) is 4.32. The first-order chi connectivity index (χ1) is 7.81. The number of nitrogens with zero attached hydrogens (tertiary/aromatic N) is 1. The maximum Gasteiger partial charge on any atom is 0.109 e. The molecule has 1 aromatic rings. The van der Waals surface area contributed by atoms with Gasteiger partial charge in [0.15, 0.2) is 0 Å². The van der Waals surface area contributed by atoms with E-state index >= 15 is 0 Å². The van der Waals surface area contributed by atoms with Gasteiger partial charge in [-0.1, -0.05) is 13.8 Å². The molecule has 16 heavy (non-hydrogen) atoms. The molecule has 1 aromatic heterocycles. The Morgan fingerprint density at radius 3 is 3.12 bits per heavy atom. The average molecular weight is 256 g/mol. The van der Waals surface area contributed by atoms with E-state index in [1.54, 1.807) is 11.3 Å². The van der Waals surface area contributed by atoms with Crippen LogP contribution in [0.2, 0.25) is 0 Å². The van der Waals surface area contributed by atoms with Crippen molar-refractivity contribution >= 4 is 23.1 Å². The van der Waals surface area contributed by atoms with Crippen LogP contribution in [0.1, 0.15) is 44.2 Å². The van der Waals surface area contributed by atoms with Crippen molar-refractivity contribution in [1.29, 1.82) is 0 Å². The highest BCUT2D eigenvalue weighted by Crippen LogP contribution is 2.28. The third kappa shape index (κ3) is 2.99. The fourth-order valence-electron chi connectivity index (χ4n) is 2.17. The van der Waals surface area contributed by atoms with Crippen molar-refractivity contribution in [2.45, 2.75) is 50.4 Å². The lowest BCUT2D eigenvalue weighted by Crippen LogP contribution is -2.41. The van der Waals surface area contributed by atoms with E-state index in [4.69, 9.17) is 0 Å². The molecule has 1 aliphatic heterocycles. The van der Waals surface area contributed by atoms with Crippen LogP contribution in [-0.2, 0) is 0 Å². The number of hydrogen-bond acceptors (Lipinski definition) is 4. The molecule has 0 aliphatic carbocycles. The van der Waals surface area contributed by atoms with Crippen LogP contribution in [0.5, 0.6) is 0 Å². The molecule has 1 saturated heterocycles. The second-order valence-corrected chi connectivity index (χ2v) is 6.73. The number of thioether (sulfide) groups is 1. The molecule has 90 valence electrons. The van der Waals surface area contributed by atoms with Crippen molar-refractivity contribution in [3.05, 3.63) is 16.6 Å². The van der Waals surface area contributed by atoms with Crippen LogP contribution in [0.15, 0.2) is 11.6 Å². The Balaban J connectivity index is 1.95. The predicted octanol–water partition coefficient (Wildman–Crippen LogP) is 3.47. The van der Waals surface area contributed by atoms with Crippen LogP contribution < -0.4 is 5.32 Å². The van der Waals surface area contributed by atoms with Crippen molar-refractivity contribution < 1.29 is 0 Å². The molecule has 2 nitrogen and oxygen atoms in total. The molecule has 0 saturated carbocycles. The zero-order valence-corrected chi connectivity index (χ0v) is 11.6. The van der Waals surface area contributed by atoms with Gasteiger partial charge in [0.25, 0.3) is 0 Å². The number of aromatic nitrogens is 1. The molecule has 0 radical (unpaired) electrons. The summed E-state index contributed by atoms with van der Waals surface area (Å²) >= 11 is 3.86. The van der Waals surface area contributed by atoms with Gasteiger partial charge in [0.05, 0.1) is 6.04 Å². The Morgan fingerprint density at radius 2 is 2.50 bits per heavy atom. The number of hydrogen-bond donors (Lipinski definition) is 1. The van der Waals surface area contributed by atoms with Crippen LogP contribution in [-0.4, -0.2) is 22.0 Å². The number of nitrogens with one attached hydrogen (secondary N) is 1. The van der Waals surface area contributed by atoms with Crippen LogP contribution >= 0.6 is 23.1 Å². The SMILES string of the molecule is CCC(NC1CCCSC1C)c1nccs1. The first kappa shape index (κ1) is 12.4. The number of thiazole rings is 1. The molecular formula is C12H20N2S2. The van der Waals surface area contributed by atoms with Crippen LogP contribution in [0.25, 0.3) is 0 Å². The van der Waals surface area contributed by atoms with Crippen molar-refractivity contribution in [1.82, 2.24) is 10.3 Å². The standard InChI is InChI=1S/C12H20N2S2/c1-3-10(12-13-6-8-16-12)14-11-5-4-7-15-9(11)2/h6,8-11,14H,3-5,7H2,1-2H3. The van der Waals surface area contributed by atoms with E-state index in [1.165, 1.54) is 23.6 Å². The summed E-state index contributed by atoms with van der Waals surface area (Å²) in [5.41, 5.74) is 0. The summed E-state index contributed by atoms with van der Waals surface area (Å²) in [7, 11) is 0. The van der Waals surface area contributed by atoms with Gasteiger partial charge in [0.1, 0.15) is 5.01 Å². The van der Waals surface area contributed by atoms with E-state index in [2.05, 4.69) is 41.3 Å². The Bertz CT molecular complexity index is 300. The Hall–Kier alpha value is -0.0600. The minimum atomic E-state index is 0.450. The van der Waals surface area contributed by atoms with Gasteiger partial charge < -0.3 is 5.32 Å². The lowest BCUT2D eigenvalue weighted by molar-refractivity contribution is 0.394. The van der Waals surface area contributed by atoms with E-state index in [1.807, 2.05) is 6.20 Å². The molecule has 0 amide bonds. The fourth-order valence-corrected chi connectivity index (χ4v) is 4.10. The molecule has 1 aliphatic rings. The number of rotatable bonds is 4. The summed E-state index contributed by atoms with van der Waals surface area (Å²) in [6, 6.07) is 1.11. The van der Waals surface area contributed by atoms with E-state index < -0.39 is 0 Å². The zero-order valence-electron chi connectivity index (χ0n) is 9.98. The summed E-state index contributed by atoms with van der Waals surface area (Å²) in [5, 5.41) is 7.83. The highest BCUT2D eigenvalue weighted by Gasteiger charge is 2.24. The highest BCUT2D eigenvalue weighted by atomic mass is 32.2. The van der Waals surface area contributed by atoms with Gasteiger partial charge in [-0.15, -0.1) is 11.3 Å². The molecule has 0 aromatic carbocycles. The van der Waals surface area contributed by atoms with E-state index in [-0.39, 0.29) is 0 Å². The van der Waals surface area contributed by atoms with Crippen molar-refractivity contribution in [3.8, 4) is 0 Å². The Kier molecular flexibility index (Phi) is 4.67. The van der Waals surface area contributed by atoms with Gasteiger partial charge in [-0.2, -0.15) is 11.8 Å². The van der Waals surface area contributed by atoms with Gasteiger partial charge in [-0.05, 0) is 25.0 Å². The largest absolute Gasteiger partial charge is 0.304 e. The molecule has 1 fully saturated rings. The predicted molar refractivity (Wildman–Crippen MR) is 73.2 cm³/mol. The molecule has 3 atom stereocenters. The van der Waals surface area contributed by atoms with E-state index in [0.717, 1.165) is 11.7 Å².